The molecule has 2 unspecified atom stereocenters. The number of likely N-dealkylation sites (tertiary alicyclic amines) is 1. The number of carboxylic acids is 1. The number of carboxylic acid groups (broad SMARTS) is 1. The average Bonchev–Trinajstić information content (AvgIpc) is 2.36. The summed E-state index contributed by atoms with van der Waals surface area (Å²) in [6, 6.07) is 5.22. The van der Waals surface area contributed by atoms with E-state index in [-0.39, 0.29) is 18.7 Å². The molecule has 4 nitrogen and oxygen atoms in total. The van der Waals surface area contributed by atoms with Gasteiger partial charge in [-0.25, -0.2) is 4.39 Å². The number of rotatable bonds is 2. The van der Waals surface area contributed by atoms with Crippen LogP contribution in [0.3, 0.4) is 0 Å². The van der Waals surface area contributed by atoms with E-state index in [0.29, 0.717) is 5.56 Å². The van der Waals surface area contributed by atoms with E-state index in [2.05, 4.69) is 0 Å². The number of aliphatic carboxylic acids is 1. The normalized spacial score (nSPS) is 23.2. The molecule has 0 saturated carbocycles. The first-order valence-electron chi connectivity index (χ1n) is 7.02. The van der Waals surface area contributed by atoms with Gasteiger partial charge in [-0.1, -0.05) is 12.1 Å². The Morgan fingerprint density at radius 1 is 1.38 bits per heavy atom. The fraction of sp³-hybridized carbons (Fsp3) is 0.500. The van der Waals surface area contributed by atoms with Crippen LogP contribution in [0.5, 0.6) is 0 Å². The van der Waals surface area contributed by atoms with Crippen LogP contribution in [0.15, 0.2) is 24.3 Å². The zero-order chi connectivity index (χ0) is 15.8. The van der Waals surface area contributed by atoms with Gasteiger partial charge in [0.2, 0.25) is 5.91 Å². The van der Waals surface area contributed by atoms with Gasteiger partial charge in [0.05, 0.1) is 12.0 Å². The van der Waals surface area contributed by atoms with Crippen molar-refractivity contribution in [3.63, 3.8) is 0 Å². The lowest BCUT2D eigenvalue weighted by molar-refractivity contribution is -0.156. The molecular weight excluding hydrogens is 273 g/mol. The summed E-state index contributed by atoms with van der Waals surface area (Å²) >= 11 is 0. The van der Waals surface area contributed by atoms with Crippen LogP contribution in [0, 0.1) is 11.7 Å². The van der Waals surface area contributed by atoms with Crippen molar-refractivity contribution in [3.05, 3.63) is 35.6 Å². The van der Waals surface area contributed by atoms with Crippen molar-refractivity contribution < 1.29 is 19.1 Å². The van der Waals surface area contributed by atoms with Crippen molar-refractivity contribution in [3.8, 4) is 0 Å². The fourth-order valence-corrected chi connectivity index (χ4v) is 3.01. The van der Waals surface area contributed by atoms with Crippen LogP contribution in [0.2, 0.25) is 0 Å². The van der Waals surface area contributed by atoms with Gasteiger partial charge in [-0.3, -0.25) is 9.59 Å². The van der Waals surface area contributed by atoms with Crippen molar-refractivity contribution in [2.24, 2.45) is 5.92 Å². The number of carbonyl (C=O) groups is 2. The van der Waals surface area contributed by atoms with Gasteiger partial charge < -0.3 is 10.0 Å². The maximum atomic E-state index is 13.5. The van der Waals surface area contributed by atoms with Crippen LogP contribution in [-0.2, 0) is 9.59 Å². The molecule has 1 aliphatic rings. The summed E-state index contributed by atoms with van der Waals surface area (Å²) in [5, 5.41) is 9.48. The van der Waals surface area contributed by atoms with Gasteiger partial charge in [0, 0.05) is 12.0 Å². The highest BCUT2D eigenvalue weighted by Crippen LogP contribution is 2.41. The summed E-state index contributed by atoms with van der Waals surface area (Å²) in [4.78, 5) is 25.5. The van der Waals surface area contributed by atoms with Crippen molar-refractivity contribution in [2.45, 2.75) is 45.2 Å². The molecule has 1 amide bonds. The summed E-state index contributed by atoms with van der Waals surface area (Å²) in [6.07, 6.45) is 0.488. The van der Waals surface area contributed by atoms with Crippen LogP contribution in [0.1, 0.15) is 45.2 Å². The van der Waals surface area contributed by atoms with Crippen molar-refractivity contribution in [2.75, 3.05) is 0 Å². The number of benzene rings is 1. The Hall–Kier alpha value is -1.91. The predicted molar refractivity (Wildman–Crippen MR) is 76.1 cm³/mol. The maximum Gasteiger partial charge on any atom is 0.308 e. The monoisotopic (exact) mass is 293 g/mol. The number of carbonyl (C=O) groups excluding carboxylic acids is 1. The fourth-order valence-electron chi connectivity index (χ4n) is 3.01. The number of hydrogen-bond acceptors (Lipinski definition) is 2. The summed E-state index contributed by atoms with van der Waals surface area (Å²) in [6.45, 7) is 5.59. The lowest BCUT2D eigenvalue weighted by Crippen LogP contribution is -2.53. The molecule has 0 spiro atoms. The third-order valence-corrected chi connectivity index (χ3v) is 3.83. The summed E-state index contributed by atoms with van der Waals surface area (Å²) in [7, 11) is 0. The third kappa shape index (κ3) is 3.06. The van der Waals surface area contributed by atoms with E-state index in [4.69, 9.17) is 0 Å². The van der Waals surface area contributed by atoms with Crippen molar-refractivity contribution in [1.29, 1.82) is 0 Å². The number of nitrogens with zero attached hydrogens (tertiary/aromatic N) is 1. The molecule has 0 radical (unpaired) electrons. The Morgan fingerprint density at radius 2 is 2.05 bits per heavy atom. The Morgan fingerprint density at radius 3 is 2.57 bits per heavy atom. The van der Waals surface area contributed by atoms with Crippen LogP contribution < -0.4 is 0 Å². The van der Waals surface area contributed by atoms with Gasteiger partial charge in [0.1, 0.15) is 5.82 Å². The zero-order valence-corrected chi connectivity index (χ0v) is 12.5. The molecule has 1 saturated heterocycles. The molecule has 1 aliphatic heterocycles. The molecule has 5 heteroatoms. The second-order valence-electron chi connectivity index (χ2n) is 6.42. The minimum absolute atomic E-state index is 0.0886. The molecule has 21 heavy (non-hydrogen) atoms. The molecular formula is C16H20FNO3. The van der Waals surface area contributed by atoms with Crippen LogP contribution >= 0.6 is 0 Å². The molecule has 1 aromatic carbocycles. The number of halogens is 1. The number of piperidine rings is 1. The molecule has 0 aromatic heterocycles. The van der Waals surface area contributed by atoms with Gasteiger partial charge in [-0.15, -0.1) is 0 Å². The first-order valence-corrected chi connectivity index (χ1v) is 7.02. The second-order valence-corrected chi connectivity index (χ2v) is 6.42. The van der Waals surface area contributed by atoms with Crippen LogP contribution in [0.4, 0.5) is 4.39 Å². The van der Waals surface area contributed by atoms with E-state index in [1.54, 1.807) is 17.0 Å². The molecule has 0 bridgehead atoms. The highest BCUT2D eigenvalue weighted by molar-refractivity contribution is 5.82. The van der Waals surface area contributed by atoms with Gasteiger partial charge in [-0.2, -0.15) is 0 Å². The maximum absolute atomic E-state index is 13.5. The molecule has 2 rings (SSSR count). The zero-order valence-electron chi connectivity index (χ0n) is 12.5. The second kappa shape index (κ2) is 5.47. The van der Waals surface area contributed by atoms with E-state index in [1.165, 1.54) is 12.1 Å². The lowest BCUT2D eigenvalue weighted by Gasteiger charge is -2.47. The van der Waals surface area contributed by atoms with E-state index >= 15 is 0 Å². The lowest BCUT2D eigenvalue weighted by atomic mass is 9.81. The van der Waals surface area contributed by atoms with Crippen LogP contribution in [-0.4, -0.2) is 27.4 Å². The Bertz CT molecular complexity index is 565. The standard InChI is InChI=1S/C16H20FNO3/c1-16(2,3)18-13(19)8-7-12(15(20)21)14(18)10-5-4-6-11(17)9-10/h4-6,9,12,14H,7-8H2,1-3H3,(H,20,21). The third-order valence-electron chi connectivity index (χ3n) is 3.83. The van der Waals surface area contributed by atoms with Gasteiger partial charge >= 0.3 is 5.97 Å². The smallest absolute Gasteiger partial charge is 0.308 e. The minimum Gasteiger partial charge on any atom is -0.481 e. The van der Waals surface area contributed by atoms with E-state index in [9.17, 15) is 19.1 Å². The Labute approximate surface area is 123 Å². The van der Waals surface area contributed by atoms with E-state index < -0.39 is 29.3 Å². The number of amides is 1. The molecule has 0 aliphatic carbocycles. The SMILES string of the molecule is CC(C)(C)N1C(=O)CCC(C(=O)O)C1c1cccc(F)c1. The van der Waals surface area contributed by atoms with Crippen molar-refractivity contribution in [1.82, 2.24) is 4.90 Å². The summed E-state index contributed by atoms with van der Waals surface area (Å²) < 4.78 is 13.5. The Balaban J connectivity index is 2.54. The quantitative estimate of drug-likeness (QED) is 0.912. The van der Waals surface area contributed by atoms with Crippen molar-refractivity contribution >= 4 is 11.9 Å². The molecule has 114 valence electrons. The van der Waals surface area contributed by atoms with Gasteiger partial charge in [0.25, 0.3) is 0 Å². The predicted octanol–water partition coefficient (Wildman–Crippen LogP) is 2.99. The topological polar surface area (TPSA) is 57.6 Å². The molecule has 1 fully saturated rings. The highest BCUT2D eigenvalue weighted by Gasteiger charge is 2.44. The Kier molecular flexibility index (Phi) is 4.03. The van der Waals surface area contributed by atoms with Gasteiger partial charge in [-0.05, 0) is 44.9 Å². The molecule has 1 N–H and O–H groups in total. The average molecular weight is 293 g/mol. The van der Waals surface area contributed by atoms with Gasteiger partial charge in [0.15, 0.2) is 0 Å². The molecule has 1 aromatic rings. The minimum atomic E-state index is -0.953. The summed E-state index contributed by atoms with van der Waals surface area (Å²) in [5.74, 6) is -2.19. The number of hydrogen-bond donors (Lipinski definition) is 1. The first-order chi connectivity index (χ1) is 9.71. The van der Waals surface area contributed by atoms with Crippen LogP contribution in [0.25, 0.3) is 0 Å². The summed E-state index contributed by atoms with van der Waals surface area (Å²) in [5.41, 5.74) is 0.00715. The van der Waals surface area contributed by atoms with E-state index in [0.717, 1.165) is 0 Å². The van der Waals surface area contributed by atoms with E-state index in [1.807, 2.05) is 20.8 Å². The highest BCUT2D eigenvalue weighted by atomic mass is 19.1. The molecule has 1 heterocycles. The largest absolute Gasteiger partial charge is 0.481 e. The first kappa shape index (κ1) is 15.5. The molecule has 2 atom stereocenters.